The highest BCUT2D eigenvalue weighted by Crippen LogP contribution is 2.20. The van der Waals surface area contributed by atoms with Gasteiger partial charge >= 0.3 is 0 Å². The van der Waals surface area contributed by atoms with E-state index in [1.807, 2.05) is 41.5 Å². The number of hydrogen-bond donors (Lipinski definition) is 1. The van der Waals surface area contributed by atoms with Crippen molar-refractivity contribution in [2.45, 2.75) is 26.2 Å². The number of piperazine rings is 1. The number of hydrogen-bond acceptors (Lipinski definition) is 7. The van der Waals surface area contributed by atoms with Gasteiger partial charge in [0.25, 0.3) is 11.7 Å². The lowest BCUT2D eigenvalue weighted by Crippen LogP contribution is -2.49. The van der Waals surface area contributed by atoms with E-state index in [0.717, 1.165) is 24.4 Å². The van der Waals surface area contributed by atoms with Crippen molar-refractivity contribution >= 4 is 40.4 Å². The Labute approximate surface area is 207 Å². The van der Waals surface area contributed by atoms with Crippen LogP contribution in [0.3, 0.4) is 0 Å². The maximum Gasteiger partial charge on any atom is 0.254 e. The van der Waals surface area contributed by atoms with Crippen LogP contribution in [0.2, 0.25) is 0 Å². The highest BCUT2D eigenvalue weighted by atomic mass is 32.1. The summed E-state index contributed by atoms with van der Waals surface area (Å²) in [6.45, 7) is 4.49. The number of nitrogens with zero attached hydrogens (tertiary/aromatic N) is 6. The zero-order valence-corrected chi connectivity index (χ0v) is 20.4. The van der Waals surface area contributed by atoms with Crippen molar-refractivity contribution in [3.05, 3.63) is 70.3 Å². The Balaban J connectivity index is 1.17. The minimum Gasteiger partial charge on any atom is -0.353 e. The summed E-state index contributed by atoms with van der Waals surface area (Å²) in [6.07, 6.45) is 3.65. The third kappa shape index (κ3) is 5.32. The van der Waals surface area contributed by atoms with E-state index in [1.165, 1.54) is 11.2 Å². The molecule has 0 bridgehead atoms. The smallest absolute Gasteiger partial charge is 0.254 e. The highest BCUT2D eigenvalue weighted by Gasteiger charge is 2.24. The Hall–Kier alpha value is -3.79. The van der Waals surface area contributed by atoms with Crippen LogP contribution in [0, 0.1) is 6.92 Å². The lowest BCUT2D eigenvalue weighted by Gasteiger charge is -2.36. The van der Waals surface area contributed by atoms with E-state index in [4.69, 9.17) is 0 Å². The number of amides is 2. The van der Waals surface area contributed by atoms with Gasteiger partial charge in [-0.15, -0.1) is 11.3 Å². The van der Waals surface area contributed by atoms with E-state index < -0.39 is 0 Å². The molecule has 5 rings (SSSR count). The topological polar surface area (TPSA) is 95.7 Å². The number of aromatic nitrogens is 4. The van der Waals surface area contributed by atoms with Crippen LogP contribution < -0.4 is 10.2 Å². The molecule has 4 aromatic rings. The van der Waals surface area contributed by atoms with E-state index in [-0.39, 0.29) is 11.8 Å². The van der Waals surface area contributed by atoms with Crippen molar-refractivity contribution in [1.82, 2.24) is 24.5 Å². The van der Waals surface area contributed by atoms with Gasteiger partial charge in [0.15, 0.2) is 0 Å². The zero-order valence-electron chi connectivity index (χ0n) is 19.6. The summed E-state index contributed by atoms with van der Waals surface area (Å²) < 4.78 is 1.73. The summed E-state index contributed by atoms with van der Waals surface area (Å²) in [7, 11) is 0. The summed E-state index contributed by atoms with van der Waals surface area (Å²) in [6, 6.07) is 13.3. The van der Waals surface area contributed by atoms with Gasteiger partial charge in [-0.25, -0.2) is 4.98 Å². The molecular weight excluding hydrogens is 462 g/mol. The molecule has 180 valence electrons. The summed E-state index contributed by atoms with van der Waals surface area (Å²) in [4.78, 5) is 39.5. The van der Waals surface area contributed by atoms with Gasteiger partial charge in [-0.2, -0.15) is 14.6 Å². The van der Waals surface area contributed by atoms with E-state index >= 15 is 0 Å². The molecule has 3 aromatic heterocycles. The van der Waals surface area contributed by atoms with Crippen LogP contribution in [0.4, 0.5) is 11.5 Å². The maximum atomic E-state index is 13.2. The van der Waals surface area contributed by atoms with E-state index in [2.05, 4.69) is 31.3 Å². The molecule has 0 saturated carbocycles. The van der Waals surface area contributed by atoms with Crippen LogP contribution in [0.1, 0.15) is 33.8 Å². The third-order valence-corrected chi connectivity index (χ3v) is 6.99. The van der Waals surface area contributed by atoms with Crippen molar-refractivity contribution in [3.63, 3.8) is 0 Å². The van der Waals surface area contributed by atoms with Crippen molar-refractivity contribution in [2.75, 3.05) is 36.4 Å². The van der Waals surface area contributed by atoms with Gasteiger partial charge in [0.2, 0.25) is 5.91 Å². The first-order valence-electron chi connectivity index (χ1n) is 11.7. The predicted molar refractivity (Wildman–Crippen MR) is 136 cm³/mol. The van der Waals surface area contributed by atoms with E-state index in [0.29, 0.717) is 49.6 Å². The molecule has 4 heterocycles. The lowest BCUT2D eigenvalue weighted by atomic mass is 10.1. The number of benzene rings is 1. The van der Waals surface area contributed by atoms with Gasteiger partial charge in [0.05, 0.1) is 0 Å². The number of anilines is 2. The van der Waals surface area contributed by atoms with Gasteiger partial charge in [0, 0.05) is 60.5 Å². The van der Waals surface area contributed by atoms with Gasteiger partial charge in [-0.3, -0.25) is 9.59 Å². The lowest BCUT2D eigenvalue weighted by molar-refractivity contribution is -0.116. The number of fused-ring (bicyclic) bond motifs is 1. The Morgan fingerprint density at radius 1 is 1.09 bits per heavy atom. The Morgan fingerprint density at radius 3 is 2.74 bits per heavy atom. The molecule has 1 N–H and O–H groups in total. The Bertz CT molecular complexity index is 1330. The SMILES string of the molecule is Cc1cc(N2CCN(C(=O)c3cccc(NC(=O)CCCc4cccs4)c3)CC2)n2ncnc2n1. The number of nitrogens with one attached hydrogen (secondary N) is 1. The molecule has 1 aliphatic rings. The van der Waals surface area contributed by atoms with Gasteiger partial charge in [0.1, 0.15) is 12.1 Å². The summed E-state index contributed by atoms with van der Waals surface area (Å²) in [5.41, 5.74) is 2.11. The highest BCUT2D eigenvalue weighted by molar-refractivity contribution is 7.09. The quantitative estimate of drug-likeness (QED) is 0.427. The molecule has 1 fully saturated rings. The molecule has 0 unspecified atom stereocenters. The van der Waals surface area contributed by atoms with Crippen LogP contribution in [-0.4, -0.2) is 62.5 Å². The molecular formula is C25H27N7O2S. The molecule has 9 nitrogen and oxygen atoms in total. The fraction of sp³-hybridized carbons (Fsp3) is 0.320. The number of rotatable bonds is 7. The number of thiophene rings is 1. The largest absolute Gasteiger partial charge is 0.353 e. The fourth-order valence-electron chi connectivity index (χ4n) is 4.29. The monoisotopic (exact) mass is 489 g/mol. The molecule has 0 spiro atoms. The van der Waals surface area contributed by atoms with Crippen LogP contribution in [0.15, 0.2) is 54.2 Å². The molecule has 1 aromatic carbocycles. The third-order valence-electron chi connectivity index (χ3n) is 6.05. The van der Waals surface area contributed by atoms with Crippen molar-refractivity contribution in [3.8, 4) is 0 Å². The van der Waals surface area contributed by atoms with E-state index in [9.17, 15) is 9.59 Å². The van der Waals surface area contributed by atoms with Crippen LogP contribution in [-0.2, 0) is 11.2 Å². The average Bonchev–Trinajstić information content (AvgIpc) is 3.55. The minimum absolute atomic E-state index is 0.0322. The van der Waals surface area contributed by atoms with E-state index in [1.54, 1.807) is 28.0 Å². The number of aryl methyl sites for hydroxylation is 2. The second-order valence-corrected chi connectivity index (χ2v) is 9.60. The van der Waals surface area contributed by atoms with Gasteiger partial charge < -0.3 is 15.1 Å². The van der Waals surface area contributed by atoms with Gasteiger partial charge in [-0.1, -0.05) is 12.1 Å². The Morgan fingerprint density at radius 2 is 1.94 bits per heavy atom. The first-order valence-corrected chi connectivity index (χ1v) is 12.6. The summed E-state index contributed by atoms with van der Waals surface area (Å²) >= 11 is 1.71. The molecule has 10 heteroatoms. The van der Waals surface area contributed by atoms with Gasteiger partial charge in [-0.05, 0) is 49.4 Å². The summed E-state index contributed by atoms with van der Waals surface area (Å²) in [5.74, 6) is 1.44. The van der Waals surface area contributed by atoms with Crippen molar-refractivity contribution < 1.29 is 9.59 Å². The minimum atomic E-state index is -0.0353. The molecule has 0 aliphatic carbocycles. The fourth-order valence-corrected chi connectivity index (χ4v) is 5.04. The molecule has 1 aliphatic heterocycles. The zero-order chi connectivity index (χ0) is 24.2. The first-order chi connectivity index (χ1) is 17.1. The first kappa shape index (κ1) is 23.0. The van der Waals surface area contributed by atoms with Crippen LogP contribution >= 0.6 is 11.3 Å². The standard InChI is InChI=1S/C25H27N7O2S/c1-18-15-23(32-25(28-18)26-17-27-32)30-10-12-31(13-11-30)24(34)19-5-2-6-20(16-19)29-22(33)9-3-7-21-8-4-14-35-21/h2,4-6,8,14-17H,3,7,9-13H2,1H3,(H,29,33). The van der Waals surface area contributed by atoms with Crippen LogP contribution in [0.5, 0.6) is 0 Å². The van der Waals surface area contributed by atoms with Crippen molar-refractivity contribution in [2.24, 2.45) is 0 Å². The van der Waals surface area contributed by atoms with Crippen molar-refractivity contribution in [1.29, 1.82) is 0 Å². The normalized spacial score (nSPS) is 13.9. The number of carbonyl (C=O) groups is 2. The van der Waals surface area contributed by atoms with Crippen LogP contribution in [0.25, 0.3) is 5.78 Å². The second-order valence-electron chi connectivity index (χ2n) is 8.57. The number of carbonyl (C=O) groups excluding carboxylic acids is 2. The average molecular weight is 490 g/mol. The predicted octanol–water partition coefficient (Wildman–Crippen LogP) is 3.42. The Kier molecular flexibility index (Phi) is 6.71. The molecule has 2 amide bonds. The second kappa shape index (κ2) is 10.2. The molecule has 0 radical (unpaired) electrons. The summed E-state index contributed by atoms with van der Waals surface area (Å²) in [5, 5.41) is 9.27. The maximum absolute atomic E-state index is 13.2. The molecule has 1 saturated heterocycles. The molecule has 35 heavy (non-hydrogen) atoms. The molecule has 0 atom stereocenters.